The van der Waals surface area contributed by atoms with Crippen molar-refractivity contribution in [3.63, 3.8) is 0 Å². The van der Waals surface area contributed by atoms with Gasteiger partial charge in [0.05, 0.1) is 18.8 Å². The third-order valence-electron chi connectivity index (χ3n) is 6.04. The molecule has 2 aliphatic rings. The molecule has 1 aliphatic heterocycles. The second kappa shape index (κ2) is 11.1. The summed E-state index contributed by atoms with van der Waals surface area (Å²) in [4.78, 5) is 24.1. The number of aliphatic hydroxyl groups excluding tert-OH is 7. The highest BCUT2D eigenvalue weighted by molar-refractivity contribution is 5.90. The fourth-order valence-electron chi connectivity index (χ4n) is 3.97. The number of benzene rings is 1. The first-order valence-electron chi connectivity index (χ1n) is 10.9. The summed E-state index contributed by atoms with van der Waals surface area (Å²) in [5.41, 5.74) is -2.04. The molecular weight excluding hydrogens is 488 g/mol. The van der Waals surface area contributed by atoms with E-state index < -0.39 is 91.8 Å². The first-order chi connectivity index (χ1) is 16.9. The zero-order valence-corrected chi connectivity index (χ0v) is 18.7. The Morgan fingerprint density at radius 2 is 1.64 bits per heavy atom. The molecule has 1 heterocycles. The summed E-state index contributed by atoms with van der Waals surface area (Å²) < 4.78 is 15.6. The molecule has 7 atom stereocenters. The molecule has 14 heteroatoms. The second-order valence-corrected chi connectivity index (χ2v) is 8.63. The van der Waals surface area contributed by atoms with E-state index in [1.807, 2.05) is 0 Å². The molecular formula is C22H28O14. The van der Waals surface area contributed by atoms with Gasteiger partial charge in [-0.3, -0.25) is 0 Å². The van der Waals surface area contributed by atoms with Crippen molar-refractivity contribution < 1.29 is 69.8 Å². The summed E-state index contributed by atoms with van der Waals surface area (Å²) in [5.74, 6) is -3.43. The van der Waals surface area contributed by atoms with Gasteiger partial charge in [-0.25, -0.2) is 9.59 Å². The Morgan fingerprint density at radius 1 is 1.00 bits per heavy atom. The predicted molar refractivity (Wildman–Crippen MR) is 115 cm³/mol. The zero-order chi connectivity index (χ0) is 26.8. The fraction of sp³-hybridized carbons (Fsp3) is 0.545. The van der Waals surface area contributed by atoms with Gasteiger partial charge >= 0.3 is 11.9 Å². The fourth-order valence-corrected chi connectivity index (χ4v) is 3.97. The van der Waals surface area contributed by atoms with Gasteiger partial charge in [-0.05, 0) is 23.8 Å². The number of hydrogen-bond acceptors (Lipinski definition) is 13. The minimum absolute atomic E-state index is 0.229. The first kappa shape index (κ1) is 27.8. The highest BCUT2D eigenvalue weighted by Crippen LogP contribution is 2.34. The number of aliphatic carboxylic acids is 1. The number of phenolic OH excluding ortho intramolecular Hbond substituents is 1. The van der Waals surface area contributed by atoms with Crippen molar-refractivity contribution >= 4 is 18.0 Å². The number of carboxylic acids is 1. The lowest BCUT2D eigenvalue weighted by Crippen LogP contribution is -2.60. The summed E-state index contributed by atoms with van der Waals surface area (Å²) in [7, 11) is 0. The molecule has 0 radical (unpaired) electrons. The van der Waals surface area contributed by atoms with Gasteiger partial charge in [-0.2, -0.15) is 0 Å². The van der Waals surface area contributed by atoms with Crippen molar-refractivity contribution in [2.45, 2.75) is 67.5 Å². The number of rotatable bonds is 7. The van der Waals surface area contributed by atoms with Gasteiger partial charge in [0.1, 0.15) is 30.5 Å². The van der Waals surface area contributed by atoms with Gasteiger partial charge in [-0.1, -0.05) is 6.07 Å². The summed E-state index contributed by atoms with van der Waals surface area (Å²) in [5, 5.41) is 88.0. The molecule has 36 heavy (non-hydrogen) atoms. The van der Waals surface area contributed by atoms with E-state index in [-0.39, 0.29) is 11.3 Å². The summed E-state index contributed by atoms with van der Waals surface area (Å²) in [6.07, 6.45) is -12.0. The zero-order valence-electron chi connectivity index (χ0n) is 18.7. The van der Waals surface area contributed by atoms with Crippen molar-refractivity contribution in [1.82, 2.24) is 0 Å². The van der Waals surface area contributed by atoms with Crippen molar-refractivity contribution in [2.24, 2.45) is 0 Å². The van der Waals surface area contributed by atoms with Crippen LogP contribution in [0.5, 0.6) is 11.5 Å². The van der Waals surface area contributed by atoms with Crippen LogP contribution in [0.4, 0.5) is 0 Å². The van der Waals surface area contributed by atoms with Crippen molar-refractivity contribution in [3.8, 4) is 11.5 Å². The van der Waals surface area contributed by atoms with E-state index in [1.165, 1.54) is 24.3 Å². The summed E-state index contributed by atoms with van der Waals surface area (Å²) in [6.45, 7) is -0.688. The number of carboxylic acid groups (broad SMARTS) is 1. The molecule has 1 aromatic carbocycles. The van der Waals surface area contributed by atoms with Crippen LogP contribution in [-0.4, -0.2) is 119 Å². The lowest BCUT2D eigenvalue weighted by Gasteiger charge is -2.39. The largest absolute Gasteiger partial charge is 0.504 e. The first-order valence-corrected chi connectivity index (χ1v) is 10.9. The van der Waals surface area contributed by atoms with Crippen LogP contribution in [-0.2, 0) is 19.1 Å². The third kappa shape index (κ3) is 5.77. The van der Waals surface area contributed by atoms with Gasteiger partial charge < -0.3 is 60.2 Å². The van der Waals surface area contributed by atoms with Gasteiger partial charge in [0.25, 0.3) is 0 Å². The number of carbonyl (C=O) groups excluding carboxylic acids is 1. The van der Waals surface area contributed by atoms with Gasteiger partial charge in [0.2, 0.25) is 11.9 Å². The molecule has 1 aliphatic carbocycles. The van der Waals surface area contributed by atoms with Crippen LogP contribution >= 0.6 is 0 Å². The molecule has 0 bridgehead atoms. The van der Waals surface area contributed by atoms with Crippen LogP contribution in [0.3, 0.4) is 0 Å². The Kier molecular flexibility index (Phi) is 8.53. The quantitative estimate of drug-likeness (QED) is 0.128. The smallest absolute Gasteiger partial charge is 0.348 e. The molecule has 14 nitrogen and oxygen atoms in total. The lowest BCUT2D eigenvalue weighted by molar-refractivity contribution is -0.277. The van der Waals surface area contributed by atoms with Crippen LogP contribution < -0.4 is 4.74 Å². The Bertz CT molecular complexity index is 965. The van der Waals surface area contributed by atoms with E-state index in [2.05, 4.69) is 0 Å². The maximum Gasteiger partial charge on any atom is 0.348 e. The van der Waals surface area contributed by atoms with Crippen molar-refractivity contribution in [1.29, 1.82) is 0 Å². The monoisotopic (exact) mass is 516 g/mol. The SMILES string of the molecule is O=C(/C=C/c1ccc(O)c(O[C@@H]2O[C@H](CO)[C@@H](O)[C@H](O)[C@H]2O)c1)OC1(C(=O)O)C[C@@H](O)C(O)[C@H](O)C1. The Morgan fingerprint density at radius 3 is 2.22 bits per heavy atom. The van der Waals surface area contributed by atoms with Crippen molar-refractivity contribution in [3.05, 3.63) is 29.8 Å². The van der Waals surface area contributed by atoms with Crippen LogP contribution in [0, 0.1) is 0 Å². The number of ether oxygens (including phenoxy) is 3. The van der Waals surface area contributed by atoms with E-state index in [1.54, 1.807) is 0 Å². The molecule has 0 spiro atoms. The van der Waals surface area contributed by atoms with Crippen molar-refractivity contribution in [2.75, 3.05) is 6.61 Å². The summed E-state index contributed by atoms with van der Waals surface area (Å²) in [6, 6.07) is 3.72. The highest BCUT2D eigenvalue weighted by atomic mass is 16.7. The van der Waals surface area contributed by atoms with Crippen LogP contribution in [0.1, 0.15) is 18.4 Å². The number of hydrogen-bond donors (Lipinski definition) is 9. The van der Waals surface area contributed by atoms with Gasteiger partial charge in [0, 0.05) is 18.9 Å². The molecule has 1 aromatic rings. The number of aliphatic hydroxyl groups is 7. The van der Waals surface area contributed by atoms with Crippen LogP contribution in [0.25, 0.3) is 6.08 Å². The average molecular weight is 516 g/mol. The van der Waals surface area contributed by atoms with E-state index in [9.17, 15) is 55.5 Å². The molecule has 9 N–H and O–H groups in total. The number of phenols is 1. The summed E-state index contributed by atoms with van der Waals surface area (Å²) >= 11 is 0. The molecule has 0 aromatic heterocycles. The van der Waals surface area contributed by atoms with Gasteiger partial charge in [0.15, 0.2) is 11.5 Å². The number of aromatic hydroxyl groups is 1. The molecule has 3 rings (SSSR count). The maximum atomic E-state index is 12.3. The lowest BCUT2D eigenvalue weighted by atomic mass is 9.79. The van der Waals surface area contributed by atoms with E-state index in [0.29, 0.717) is 0 Å². The molecule has 1 saturated heterocycles. The predicted octanol–water partition coefficient (Wildman–Crippen LogP) is -3.17. The standard InChI is InChI=1S/C22H28O14/c23-8-14-17(29)18(30)19(31)20(35-14)34-13-5-9(1-3-10(13)24)2-4-15(27)36-22(21(32)33)6-11(25)16(28)12(26)7-22/h1-5,11-12,14,16-20,23-26,28-31H,6-8H2,(H,32,33)/b4-2+/t11-,12-,14-,16?,17-,18+,19-,20-,22?/m1/s1. The Labute approximate surface area is 203 Å². The normalized spacial score (nSPS) is 37.0. The second-order valence-electron chi connectivity index (χ2n) is 8.63. The third-order valence-corrected chi connectivity index (χ3v) is 6.04. The number of carbonyl (C=O) groups is 2. The molecule has 2 fully saturated rings. The Balaban J connectivity index is 1.72. The maximum absolute atomic E-state index is 12.3. The van der Waals surface area contributed by atoms with Gasteiger partial charge in [-0.15, -0.1) is 0 Å². The molecule has 1 saturated carbocycles. The topological polar surface area (TPSA) is 244 Å². The minimum atomic E-state index is -2.27. The van der Waals surface area contributed by atoms with E-state index >= 15 is 0 Å². The van der Waals surface area contributed by atoms with Crippen LogP contribution in [0.2, 0.25) is 0 Å². The minimum Gasteiger partial charge on any atom is -0.504 e. The highest BCUT2D eigenvalue weighted by Gasteiger charge is 2.52. The van der Waals surface area contributed by atoms with E-state index in [0.717, 1.165) is 6.08 Å². The van der Waals surface area contributed by atoms with Crippen LogP contribution in [0.15, 0.2) is 24.3 Å². The number of esters is 1. The van der Waals surface area contributed by atoms with E-state index in [4.69, 9.17) is 14.2 Å². The molecule has 0 unspecified atom stereocenters. The molecule has 200 valence electrons. The molecule has 0 amide bonds. The average Bonchev–Trinajstić information content (AvgIpc) is 2.83. The Hall–Kier alpha value is -2.82.